The molecule has 0 aliphatic rings. The highest BCUT2D eigenvalue weighted by molar-refractivity contribution is 5.98. The summed E-state index contributed by atoms with van der Waals surface area (Å²) < 4.78 is 6.08. The third kappa shape index (κ3) is 2.77. The first kappa shape index (κ1) is 14.0. The number of aryl methyl sites for hydroxylation is 1. The third-order valence-electron chi connectivity index (χ3n) is 2.51. The first-order valence-corrected chi connectivity index (χ1v) is 5.61. The monoisotopic (exact) mass is 253 g/mol. The Balaban J connectivity index is 3.16. The van der Waals surface area contributed by atoms with Crippen molar-refractivity contribution >= 4 is 18.2 Å². The van der Waals surface area contributed by atoms with Crippen molar-refractivity contribution < 1.29 is 24.2 Å². The largest absolute Gasteiger partial charge is 0.478 e. The van der Waals surface area contributed by atoms with Gasteiger partial charge in [0.15, 0.2) is 6.29 Å². The highest BCUT2D eigenvalue weighted by atomic mass is 16.5. The molecule has 1 heterocycles. The summed E-state index contributed by atoms with van der Waals surface area (Å²) in [6.45, 7) is 3.53. The van der Waals surface area contributed by atoms with Gasteiger partial charge in [0, 0.05) is 6.20 Å². The molecule has 0 radical (unpaired) electrons. The molecule has 0 aliphatic carbocycles. The average Bonchev–Trinajstić information content (AvgIpc) is 2.66. The van der Waals surface area contributed by atoms with Crippen LogP contribution in [-0.2, 0) is 22.5 Å². The Morgan fingerprint density at radius 1 is 1.44 bits per heavy atom. The number of esters is 1. The standard InChI is InChI=1S/C12H15NO5/c1-3-8-5-13(6-10(15)18-4-2)9(7-14)11(8)12(16)17/h5,7H,3-4,6H2,1-2H3,(H,16,17). The Hall–Kier alpha value is -2.11. The van der Waals surface area contributed by atoms with Crippen molar-refractivity contribution in [1.29, 1.82) is 0 Å². The second-order valence-electron chi connectivity index (χ2n) is 3.62. The number of rotatable bonds is 6. The van der Waals surface area contributed by atoms with E-state index in [1.807, 2.05) is 0 Å². The summed E-state index contributed by atoms with van der Waals surface area (Å²) in [6.07, 6.45) is 2.42. The second kappa shape index (κ2) is 6.00. The molecule has 0 amide bonds. The average molecular weight is 253 g/mol. The molecule has 18 heavy (non-hydrogen) atoms. The lowest BCUT2D eigenvalue weighted by Crippen LogP contribution is -2.15. The maximum atomic E-state index is 11.4. The first-order valence-electron chi connectivity index (χ1n) is 5.61. The molecule has 1 rings (SSSR count). The summed E-state index contributed by atoms with van der Waals surface area (Å²) in [5.41, 5.74) is 0.470. The normalized spacial score (nSPS) is 10.1. The molecular weight excluding hydrogens is 238 g/mol. The Bertz CT molecular complexity index is 475. The minimum atomic E-state index is -1.17. The van der Waals surface area contributed by atoms with Gasteiger partial charge in [0.2, 0.25) is 0 Å². The van der Waals surface area contributed by atoms with Crippen molar-refractivity contribution in [3.8, 4) is 0 Å². The lowest BCUT2D eigenvalue weighted by atomic mass is 10.1. The molecule has 0 aliphatic heterocycles. The van der Waals surface area contributed by atoms with Crippen molar-refractivity contribution in [3.05, 3.63) is 23.0 Å². The number of aromatic nitrogens is 1. The van der Waals surface area contributed by atoms with E-state index in [-0.39, 0.29) is 24.4 Å². The fourth-order valence-electron chi connectivity index (χ4n) is 1.75. The predicted octanol–water partition coefficient (Wildman–Crippen LogP) is 1.12. The number of hydrogen-bond acceptors (Lipinski definition) is 4. The number of carboxylic acids is 1. The number of hydrogen-bond donors (Lipinski definition) is 1. The molecule has 0 fully saturated rings. The van der Waals surface area contributed by atoms with Crippen LogP contribution in [0.4, 0.5) is 0 Å². The SMILES string of the molecule is CCOC(=O)Cn1cc(CC)c(C(=O)O)c1C=O. The van der Waals surface area contributed by atoms with Crippen LogP contribution in [0.1, 0.15) is 40.3 Å². The predicted molar refractivity (Wildman–Crippen MR) is 62.8 cm³/mol. The van der Waals surface area contributed by atoms with Crippen molar-refractivity contribution in [1.82, 2.24) is 4.57 Å². The van der Waals surface area contributed by atoms with Crippen LogP contribution in [0.15, 0.2) is 6.20 Å². The van der Waals surface area contributed by atoms with E-state index < -0.39 is 11.9 Å². The zero-order valence-corrected chi connectivity index (χ0v) is 10.3. The van der Waals surface area contributed by atoms with E-state index in [2.05, 4.69) is 0 Å². The summed E-state index contributed by atoms with van der Waals surface area (Å²) in [5.74, 6) is -1.67. The summed E-state index contributed by atoms with van der Waals surface area (Å²) in [6, 6.07) is 0. The molecule has 0 saturated carbocycles. The lowest BCUT2D eigenvalue weighted by molar-refractivity contribution is -0.143. The van der Waals surface area contributed by atoms with Gasteiger partial charge in [-0.3, -0.25) is 9.59 Å². The molecule has 1 N–H and O–H groups in total. The molecule has 0 aromatic carbocycles. The van der Waals surface area contributed by atoms with Crippen molar-refractivity contribution in [2.24, 2.45) is 0 Å². The Labute approximate surface area is 104 Å². The molecule has 0 unspecified atom stereocenters. The Morgan fingerprint density at radius 3 is 2.56 bits per heavy atom. The molecule has 1 aromatic rings. The summed E-state index contributed by atoms with van der Waals surface area (Å²) in [4.78, 5) is 33.4. The fraction of sp³-hybridized carbons (Fsp3) is 0.417. The molecular formula is C12H15NO5. The van der Waals surface area contributed by atoms with Gasteiger partial charge in [-0.2, -0.15) is 0 Å². The third-order valence-corrected chi connectivity index (χ3v) is 2.51. The van der Waals surface area contributed by atoms with E-state index in [0.717, 1.165) is 0 Å². The van der Waals surface area contributed by atoms with Gasteiger partial charge in [-0.1, -0.05) is 6.92 Å². The number of carbonyl (C=O) groups is 3. The quantitative estimate of drug-likeness (QED) is 0.606. The number of carbonyl (C=O) groups excluding carboxylic acids is 2. The smallest absolute Gasteiger partial charge is 0.338 e. The van der Waals surface area contributed by atoms with Crippen LogP contribution in [-0.4, -0.2) is 34.5 Å². The van der Waals surface area contributed by atoms with Gasteiger partial charge in [-0.15, -0.1) is 0 Å². The molecule has 6 heteroatoms. The van der Waals surface area contributed by atoms with E-state index in [1.165, 1.54) is 10.8 Å². The molecule has 0 spiro atoms. The van der Waals surface area contributed by atoms with E-state index in [9.17, 15) is 14.4 Å². The minimum Gasteiger partial charge on any atom is -0.478 e. The van der Waals surface area contributed by atoms with Crippen LogP contribution >= 0.6 is 0 Å². The highest BCUT2D eigenvalue weighted by Crippen LogP contribution is 2.17. The van der Waals surface area contributed by atoms with E-state index >= 15 is 0 Å². The van der Waals surface area contributed by atoms with Crippen LogP contribution in [0.2, 0.25) is 0 Å². The lowest BCUT2D eigenvalue weighted by Gasteiger charge is -2.04. The van der Waals surface area contributed by atoms with Gasteiger partial charge in [0.1, 0.15) is 6.54 Å². The van der Waals surface area contributed by atoms with Gasteiger partial charge in [0.25, 0.3) is 0 Å². The van der Waals surface area contributed by atoms with Gasteiger partial charge < -0.3 is 14.4 Å². The molecule has 0 bridgehead atoms. The molecule has 1 aromatic heterocycles. The number of aromatic carboxylic acids is 1. The zero-order chi connectivity index (χ0) is 13.7. The Morgan fingerprint density at radius 2 is 2.11 bits per heavy atom. The van der Waals surface area contributed by atoms with E-state index in [0.29, 0.717) is 18.3 Å². The topological polar surface area (TPSA) is 85.6 Å². The van der Waals surface area contributed by atoms with Crippen LogP contribution < -0.4 is 0 Å². The van der Waals surface area contributed by atoms with E-state index in [1.54, 1.807) is 13.8 Å². The first-order chi connectivity index (χ1) is 8.54. The fourth-order valence-corrected chi connectivity index (χ4v) is 1.75. The molecule has 0 atom stereocenters. The van der Waals surface area contributed by atoms with Crippen LogP contribution in [0.25, 0.3) is 0 Å². The van der Waals surface area contributed by atoms with Crippen molar-refractivity contribution in [3.63, 3.8) is 0 Å². The van der Waals surface area contributed by atoms with Gasteiger partial charge >= 0.3 is 11.9 Å². The molecule has 0 saturated heterocycles. The van der Waals surface area contributed by atoms with Crippen LogP contribution in [0.5, 0.6) is 0 Å². The van der Waals surface area contributed by atoms with Crippen molar-refractivity contribution in [2.75, 3.05) is 6.61 Å². The maximum absolute atomic E-state index is 11.4. The molecule has 6 nitrogen and oxygen atoms in total. The second-order valence-corrected chi connectivity index (χ2v) is 3.62. The number of ether oxygens (including phenoxy) is 1. The number of carboxylic acid groups (broad SMARTS) is 1. The minimum absolute atomic E-state index is 0.00703. The molecule has 98 valence electrons. The van der Waals surface area contributed by atoms with Crippen LogP contribution in [0.3, 0.4) is 0 Å². The summed E-state index contributed by atoms with van der Waals surface area (Å²) >= 11 is 0. The number of aldehydes is 1. The van der Waals surface area contributed by atoms with Gasteiger partial charge in [-0.05, 0) is 18.9 Å². The highest BCUT2D eigenvalue weighted by Gasteiger charge is 2.21. The number of nitrogens with zero attached hydrogens (tertiary/aromatic N) is 1. The van der Waals surface area contributed by atoms with Gasteiger partial charge in [0.05, 0.1) is 17.9 Å². The van der Waals surface area contributed by atoms with Crippen LogP contribution in [0, 0.1) is 0 Å². The Kier molecular flexibility index (Phi) is 4.65. The van der Waals surface area contributed by atoms with Crippen molar-refractivity contribution in [2.45, 2.75) is 26.8 Å². The van der Waals surface area contributed by atoms with E-state index in [4.69, 9.17) is 9.84 Å². The maximum Gasteiger partial charge on any atom is 0.338 e. The zero-order valence-electron chi connectivity index (χ0n) is 10.3. The summed E-state index contributed by atoms with van der Waals surface area (Å²) in [5, 5.41) is 9.07. The summed E-state index contributed by atoms with van der Waals surface area (Å²) in [7, 11) is 0. The van der Waals surface area contributed by atoms with Gasteiger partial charge in [-0.25, -0.2) is 4.79 Å².